The van der Waals surface area contributed by atoms with E-state index in [2.05, 4.69) is 14.9 Å². The highest BCUT2D eigenvalue weighted by Crippen LogP contribution is 2.41. The molecule has 13 heteroatoms. The Kier molecular flexibility index (Phi) is 6.61. The molecule has 2 aromatic carbocycles. The van der Waals surface area contributed by atoms with Crippen molar-refractivity contribution in [2.75, 3.05) is 12.5 Å². The van der Waals surface area contributed by atoms with E-state index in [9.17, 15) is 29.1 Å². The lowest BCUT2D eigenvalue weighted by molar-refractivity contribution is -0.177. The SMILES string of the molecule is N=c1ccc2c(-c3ccc(C(=O)NCOC(=O)ON4C(=O)CCC4=O)cc3C(=O)O)c3ccc(N)cc3oc-2c1. The number of ether oxygens (including phenoxy) is 1. The number of carbonyl (C=O) groups excluding carboxylic acids is 4. The van der Waals surface area contributed by atoms with Gasteiger partial charge in [-0.25, -0.2) is 9.59 Å². The van der Waals surface area contributed by atoms with Gasteiger partial charge < -0.3 is 30.7 Å². The number of anilines is 1. The van der Waals surface area contributed by atoms with Gasteiger partial charge in [0.25, 0.3) is 17.7 Å². The van der Waals surface area contributed by atoms with Crippen molar-refractivity contribution in [1.29, 1.82) is 5.41 Å². The number of carboxylic acid groups (broad SMARTS) is 1. The van der Waals surface area contributed by atoms with Gasteiger partial charge in [-0.3, -0.25) is 19.2 Å². The molecule has 1 saturated heterocycles. The van der Waals surface area contributed by atoms with E-state index in [4.69, 9.17) is 15.6 Å². The number of hydrogen-bond donors (Lipinski definition) is 4. The van der Waals surface area contributed by atoms with Crippen LogP contribution in [-0.4, -0.2) is 46.7 Å². The van der Waals surface area contributed by atoms with E-state index in [1.807, 2.05) is 0 Å². The van der Waals surface area contributed by atoms with Crippen molar-refractivity contribution in [1.82, 2.24) is 10.4 Å². The number of imide groups is 1. The average Bonchev–Trinajstić information content (AvgIpc) is 3.23. The van der Waals surface area contributed by atoms with Crippen LogP contribution in [0.2, 0.25) is 0 Å². The van der Waals surface area contributed by atoms with E-state index >= 15 is 0 Å². The predicted molar refractivity (Wildman–Crippen MR) is 136 cm³/mol. The molecule has 2 heterocycles. The number of benzene rings is 3. The number of amides is 3. The summed E-state index contributed by atoms with van der Waals surface area (Å²) in [6, 6.07) is 13.7. The van der Waals surface area contributed by atoms with Gasteiger partial charge in [-0.2, -0.15) is 0 Å². The van der Waals surface area contributed by atoms with Crippen molar-refractivity contribution >= 4 is 46.5 Å². The van der Waals surface area contributed by atoms with Crippen LogP contribution in [0.25, 0.3) is 33.4 Å². The van der Waals surface area contributed by atoms with Crippen molar-refractivity contribution in [3.05, 3.63) is 71.1 Å². The lowest BCUT2D eigenvalue weighted by Gasteiger charge is -2.17. The number of fused-ring (bicyclic) bond motifs is 2. The van der Waals surface area contributed by atoms with Crippen LogP contribution in [0.5, 0.6) is 0 Å². The minimum atomic E-state index is -1.38. The van der Waals surface area contributed by atoms with Crippen LogP contribution >= 0.6 is 0 Å². The van der Waals surface area contributed by atoms with E-state index in [-0.39, 0.29) is 34.9 Å². The van der Waals surface area contributed by atoms with Crippen LogP contribution in [-0.2, 0) is 19.2 Å². The third-order valence-corrected chi connectivity index (χ3v) is 6.12. The number of nitrogens with one attached hydrogen (secondary N) is 2. The van der Waals surface area contributed by atoms with E-state index in [0.29, 0.717) is 38.6 Å². The number of hydroxylamine groups is 2. The highest BCUT2D eigenvalue weighted by Gasteiger charge is 2.33. The van der Waals surface area contributed by atoms with Gasteiger partial charge in [0.2, 0.25) is 0 Å². The summed E-state index contributed by atoms with van der Waals surface area (Å²) in [6.45, 7) is -0.676. The smallest absolute Gasteiger partial charge is 0.478 e. The molecule has 0 atom stereocenters. The summed E-state index contributed by atoms with van der Waals surface area (Å²) in [6.07, 6.45) is -1.56. The second-order valence-corrected chi connectivity index (χ2v) is 8.73. The van der Waals surface area contributed by atoms with E-state index in [1.165, 1.54) is 24.3 Å². The van der Waals surface area contributed by atoms with Crippen molar-refractivity contribution in [3.8, 4) is 22.5 Å². The molecule has 1 aliphatic carbocycles. The Morgan fingerprint density at radius 3 is 2.45 bits per heavy atom. The van der Waals surface area contributed by atoms with Gasteiger partial charge in [-0.05, 0) is 42.0 Å². The molecule has 0 radical (unpaired) electrons. The lowest BCUT2D eigenvalue weighted by atomic mass is 9.89. The summed E-state index contributed by atoms with van der Waals surface area (Å²) >= 11 is 0. The van der Waals surface area contributed by atoms with Crippen molar-refractivity contribution in [2.24, 2.45) is 0 Å². The highest BCUT2D eigenvalue weighted by atomic mass is 16.8. The minimum Gasteiger partial charge on any atom is -0.478 e. The average molecular weight is 544 g/mol. The number of nitrogens with two attached hydrogens (primary N) is 1. The number of nitrogen functional groups attached to an aromatic ring is 1. The Balaban J connectivity index is 1.42. The molecule has 202 valence electrons. The summed E-state index contributed by atoms with van der Waals surface area (Å²) in [5.74, 6) is -3.11. The summed E-state index contributed by atoms with van der Waals surface area (Å²) in [7, 11) is 0. The zero-order valence-electron chi connectivity index (χ0n) is 20.6. The van der Waals surface area contributed by atoms with Gasteiger partial charge in [0, 0.05) is 52.7 Å². The van der Waals surface area contributed by atoms with Gasteiger partial charge in [-0.15, -0.1) is 0 Å². The molecule has 40 heavy (non-hydrogen) atoms. The molecule has 5 N–H and O–H groups in total. The van der Waals surface area contributed by atoms with E-state index in [0.717, 1.165) is 0 Å². The first-order valence-electron chi connectivity index (χ1n) is 11.8. The molecule has 0 aromatic heterocycles. The summed E-state index contributed by atoms with van der Waals surface area (Å²) in [4.78, 5) is 64.3. The third kappa shape index (κ3) is 4.90. The maximum atomic E-state index is 12.7. The molecular formula is C27H20N4O9. The van der Waals surface area contributed by atoms with Crippen LogP contribution < -0.4 is 16.4 Å². The van der Waals surface area contributed by atoms with Gasteiger partial charge >= 0.3 is 12.1 Å². The summed E-state index contributed by atoms with van der Waals surface area (Å²) in [5.41, 5.74) is 7.84. The zero-order chi connectivity index (χ0) is 28.6. The van der Waals surface area contributed by atoms with Crippen LogP contribution in [0, 0.1) is 5.41 Å². The fourth-order valence-electron chi connectivity index (χ4n) is 4.30. The first-order valence-corrected chi connectivity index (χ1v) is 11.8. The molecular weight excluding hydrogens is 524 g/mol. The Bertz CT molecular complexity index is 1740. The normalized spacial score (nSPS) is 13.1. The molecule has 0 bridgehead atoms. The van der Waals surface area contributed by atoms with Gasteiger partial charge in [0.05, 0.1) is 10.9 Å². The largest absolute Gasteiger partial charge is 0.535 e. The Morgan fingerprint density at radius 1 is 1.00 bits per heavy atom. The van der Waals surface area contributed by atoms with Gasteiger partial charge in [0.15, 0.2) is 6.73 Å². The first kappa shape index (κ1) is 25.9. The third-order valence-electron chi connectivity index (χ3n) is 6.12. The number of hydrogen-bond acceptors (Lipinski definition) is 10. The zero-order valence-corrected chi connectivity index (χ0v) is 20.6. The number of aromatic carboxylic acids is 1. The molecule has 13 nitrogen and oxygen atoms in total. The molecule has 0 unspecified atom stereocenters. The van der Waals surface area contributed by atoms with Crippen LogP contribution in [0.1, 0.15) is 33.6 Å². The first-order chi connectivity index (χ1) is 19.1. The minimum absolute atomic E-state index is 0.0464. The Labute approximate surface area is 224 Å². The fraction of sp³-hybridized carbons (Fsp3) is 0.111. The van der Waals surface area contributed by atoms with Gasteiger partial charge in [0.1, 0.15) is 11.3 Å². The van der Waals surface area contributed by atoms with Crippen LogP contribution in [0.15, 0.2) is 59.0 Å². The Morgan fingerprint density at radius 2 is 1.73 bits per heavy atom. The predicted octanol–water partition coefficient (Wildman–Crippen LogP) is 2.87. The molecule has 3 amide bonds. The maximum absolute atomic E-state index is 12.7. The van der Waals surface area contributed by atoms with Gasteiger partial charge in [-0.1, -0.05) is 11.1 Å². The van der Waals surface area contributed by atoms with Crippen molar-refractivity contribution in [2.45, 2.75) is 12.8 Å². The van der Waals surface area contributed by atoms with Crippen molar-refractivity contribution < 1.29 is 43.1 Å². The molecule has 0 saturated carbocycles. The molecule has 3 aliphatic rings. The van der Waals surface area contributed by atoms with Crippen LogP contribution in [0.3, 0.4) is 0 Å². The summed E-state index contributed by atoms with van der Waals surface area (Å²) in [5, 5.41) is 21.3. The van der Waals surface area contributed by atoms with E-state index in [1.54, 1.807) is 30.3 Å². The molecule has 0 spiro atoms. The number of carbonyl (C=O) groups is 5. The second kappa shape index (κ2) is 10.2. The molecule has 1 fully saturated rings. The topological polar surface area (TPSA) is 202 Å². The number of carboxylic acids is 1. The number of rotatable bonds is 6. The standard InChI is InChI=1S/C27H20N4O9/c28-14-2-5-17-20(10-14)39-21-11-15(29)3-6-18(21)24(17)16-4-1-13(9-19(16)26(35)36)25(34)30-12-38-27(37)40-31-22(32)7-8-23(31)33/h1-6,9-11,28H,7-8,12,29H2,(H,30,34)(H,35,36). The van der Waals surface area contributed by atoms with Crippen LogP contribution in [0.4, 0.5) is 10.5 Å². The second-order valence-electron chi connectivity index (χ2n) is 8.73. The summed E-state index contributed by atoms with van der Waals surface area (Å²) < 4.78 is 10.6. The highest BCUT2D eigenvalue weighted by molar-refractivity contribution is 6.09. The number of nitrogens with zero attached hydrogens (tertiary/aromatic N) is 1. The lowest BCUT2D eigenvalue weighted by Crippen LogP contribution is -2.34. The maximum Gasteiger partial charge on any atom is 0.535 e. The van der Waals surface area contributed by atoms with Crippen molar-refractivity contribution in [3.63, 3.8) is 0 Å². The fourth-order valence-corrected chi connectivity index (χ4v) is 4.30. The molecule has 5 rings (SSSR count). The quantitative estimate of drug-likeness (QED) is 0.0919. The monoisotopic (exact) mass is 544 g/mol. The van der Waals surface area contributed by atoms with E-state index < -0.39 is 36.6 Å². The molecule has 2 aliphatic heterocycles. The molecule has 2 aromatic rings. The Hall–Kier alpha value is -5.72.